The highest BCUT2D eigenvalue weighted by atomic mass is 79.9. The van der Waals surface area contributed by atoms with Gasteiger partial charge >= 0.3 is 0 Å². The van der Waals surface area contributed by atoms with Gasteiger partial charge in [0.2, 0.25) is 0 Å². The summed E-state index contributed by atoms with van der Waals surface area (Å²) < 4.78 is 1.17. The lowest BCUT2D eigenvalue weighted by Crippen LogP contribution is -2.14. The van der Waals surface area contributed by atoms with E-state index in [0.29, 0.717) is 11.8 Å². The van der Waals surface area contributed by atoms with E-state index in [1.807, 2.05) is 0 Å². The second-order valence-electron chi connectivity index (χ2n) is 5.28. The molecule has 0 aliphatic heterocycles. The van der Waals surface area contributed by atoms with Crippen LogP contribution < -0.4 is 0 Å². The molecule has 0 N–H and O–H groups in total. The van der Waals surface area contributed by atoms with Gasteiger partial charge in [0.1, 0.15) is 0 Å². The third-order valence-corrected chi connectivity index (χ3v) is 6.76. The predicted molar refractivity (Wildman–Crippen MR) is 94.0 cm³/mol. The highest BCUT2D eigenvalue weighted by Gasteiger charge is 2.28. The van der Waals surface area contributed by atoms with Gasteiger partial charge < -0.3 is 0 Å². The number of hydrogen-bond acceptors (Lipinski definition) is 1. The van der Waals surface area contributed by atoms with E-state index < -0.39 is 0 Å². The molecule has 108 valence electrons. The van der Waals surface area contributed by atoms with Gasteiger partial charge in [0, 0.05) is 20.1 Å². The fourth-order valence-corrected chi connectivity index (χ4v) is 4.69. The second-order valence-corrected chi connectivity index (χ2v) is 7.89. The molecule has 0 fully saturated rings. The maximum atomic E-state index is 6.86. The van der Waals surface area contributed by atoms with E-state index in [2.05, 4.69) is 73.1 Å². The molecule has 2 aromatic rings. The number of thiophene rings is 1. The largest absolute Gasteiger partial charge is 0.143 e. The Balaban J connectivity index is 2.36. The molecular weight excluding hydrogens is 352 g/mol. The van der Waals surface area contributed by atoms with Crippen molar-refractivity contribution in [1.29, 1.82) is 0 Å². The third kappa shape index (κ3) is 3.47. The number of aryl methyl sites for hydroxylation is 1. The summed E-state index contributed by atoms with van der Waals surface area (Å²) in [5.41, 5.74) is 1.34. The van der Waals surface area contributed by atoms with Crippen LogP contribution in [0.3, 0.4) is 0 Å². The van der Waals surface area contributed by atoms with Crippen LogP contribution in [0, 0.1) is 12.8 Å². The Labute approximate surface area is 139 Å². The fourth-order valence-electron chi connectivity index (χ4n) is 2.51. The van der Waals surface area contributed by atoms with Crippen molar-refractivity contribution in [1.82, 2.24) is 0 Å². The van der Waals surface area contributed by atoms with Crippen LogP contribution in [0.5, 0.6) is 0 Å². The molecule has 20 heavy (non-hydrogen) atoms. The van der Waals surface area contributed by atoms with E-state index >= 15 is 0 Å². The van der Waals surface area contributed by atoms with Gasteiger partial charge in [0.15, 0.2) is 0 Å². The Morgan fingerprint density at radius 1 is 1.25 bits per heavy atom. The standard InChI is InChI=1S/C17H20BrClS/c1-4-11(2)16(13-8-6-5-7-9-13)17(19)15-10-14(18)12(3)20-15/h5-11,16-17H,4H2,1-3H3. The Bertz CT molecular complexity index is 530. The number of rotatable bonds is 5. The molecule has 3 unspecified atom stereocenters. The minimum absolute atomic E-state index is 0.0300. The van der Waals surface area contributed by atoms with E-state index in [-0.39, 0.29) is 5.38 Å². The molecule has 0 saturated heterocycles. The molecule has 0 spiro atoms. The highest BCUT2D eigenvalue weighted by Crippen LogP contribution is 2.45. The van der Waals surface area contributed by atoms with Crippen molar-refractivity contribution in [3.63, 3.8) is 0 Å². The molecule has 1 aromatic heterocycles. The molecule has 0 nitrogen and oxygen atoms in total. The molecule has 0 saturated carbocycles. The van der Waals surface area contributed by atoms with Gasteiger partial charge in [-0.3, -0.25) is 0 Å². The van der Waals surface area contributed by atoms with Gasteiger partial charge in [-0.25, -0.2) is 0 Å². The van der Waals surface area contributed by atoms with Crippen LogP contribution in [0.4, 0.5) is 0 Å². The third-order valence-electron chi connectivity index (χ3n) is 3.90. The van der Waals surface area contributed by atoms with Crippen LogP contribution in [0.1, 0.15) is 46.9 Å². The van der Waals surface area contributed by atoms with Crippen molar-refractivity contribution in [3.8, 4) is 0 Å². The van der Waals surface area contributed by atoms with Crippen LogP contribution in [0.15, 0.2) is 40.9 Å². The Morgan fingerprint density at radius 2 is 1.90 bits per heavy atom. The first-order chi connectivity index (χ1) is 9.54. The van der Waals surface area contributed by atoms with Gasteiger partial charge in [-0.1, -0.05) is 50.6 Å². The summed E-state index contributed by atoms with van der Waals surface area (Å²) in [5.74, 6) is 0.911. The van der Waals surface area contributed by atoms with E-state index in [0.717, 1.165) is 6.42 Å². The Hall–Kier alpha value is -0.310. The molecule has 0 amide bonds. The quantitative estimate of drug-likeness (QED) is 0.500. The van der Waals surface area contributed by atoms with Gasteiger partial charge in [0.25, 0.3) is 0 Å². The first-order valence-electron chi connectivity index (χ1n) is 6.99. The van der Waals surface area contributed by atoms with E-state index in [1.54, 1.807) is 11.3 Å². The van der Waals surface area contributed by atoms with Crippen molar-refractivity contribution >= 4 is 38.9 Å². The van der Waals surface area contributed by atoms with Crippen molar-refractivity contribution in [3.05, 3.63) is 56.2 Å². The average molecular weight is 372 g/mol. The molecule has 3 atom stereocenters. The summed E-state index contributed by atoms with van der Waals surface area (Å²) in [4.78, 5) is 2.55. The number of halogens is 2. The number of benzene rings is 1. The van der Waals surface area contributed by atoms with Crippen LogP contribution in [0.25, 0.3) is 0 Å². The SMILES string of the molecule is CCC(C)C(c1ccccc1)C(Cl)c1cc(Br)c(C)s1. The summed E-state index contributed by atoms with van der Waals surface area (Å²) in [6.07, 6.45) is 1.13. The molecule has 1 aromatic carbocycles. The minimum Gasteiger partial charge on any atom is -0.143 e. The second kappa shape index (κ2) is 7.11. The molecular formula is C17H20BrClS. The van der Waals surface area contributed by atoms with Gasteiger partial charge in [-0.15, -0.1) is 22.9 Å². The zero-order valence-electron chi connectivity index (χ0n) is 12.1. The lowest BCUT2D eigenvalue weighted by Gasteiger charge is -2.27. The minimum atomic E-state index is 0.0300. The van der Waals surface area contributed by atoms with E-state index in [9.17, 15) is 0 Å². The van der Waals surface area contributed by atoms with E-state index in [1.165, 1.54) is 19.8 Å². The van der Waals surface area contributed by atoms with E-state index in [4.69, 9.17) is 11.6 Å². The summed E-state index contributed by atoms with van der Waals surface area (Å²) >= 11 is 12.2. The normalized spacial score (nSPS) is 15.8. The molecule has 0 aliphatic carbocycles. The molecule has 0 radical (unpaired) electrons. The first-order valence-corrected chi connectivity index (χ1v) is 9.04. The van der Waals surface area contributed by atoms with Crippen molar-refractivity contribution in [2.75, 3.05) is 0 Å². The average Bonchev–Trinajstić information content (AvgIpc) is 2.80. The fraction of sp³-hybridized carbons (Fsp3) is 0.412. The first kappa shape index (κ1) is 16.1. The topological polar surface area (TPSA) is 0 Å². The van der Waals surface area contributed by atoms with Crippen LogP contribution >= 0.6 is 38.9 Å². The monoisotopic (exact) mass is 370 g/mol. The summed E-state index contributed by atoms with van der Waals surface area (Å²) in [7, 11) is 0. The maximum Gasteiger partial charge on any atom is 0.0749 e. The number of alkyl halides is 1. The van der Waals surface area contributed by atoms with Crippen LogP contribution in [0.2, 0.25) is 0 Å². The Kier molecular flexibility index (Phi) is 5.71. The number of hydrogen-bond donors (Lipinski definition) is 0. The molecule has 2 rings (SSSR count). The maximum absolute atomic E-state index is 6.86. The summed E-state index contributed by atoms with van der Waals surface area (Å²) in [6.45, 7) is 6.66. The Morgan fingerprint density at radius 3 is 2.40 bits per heavy atom. The molecule has 0 aliphatic rings. The van der Waals surface area contributed by atoms with Crippen LogP contribution in [-0.4, -0.2) is 0 Å². The predicted octanol–water partition coefficient (Wildman–Crippen LogP) is 6.93. The van der Waals surface area contributed by atoms with Crippen molar-refractivity contribution in [2.45, 2.75) is 38.5 Å². The van der Waals surface area contributed by atoms with Crippen molar-refractivity contribution < 1.29 is 0 Å². The zero-order valence-corrected chi connectivity index (χ0v) is 15.2. The lowest BCUT2D eigenvalue weighted by molar-refractivity contribution is 0.436. The molecule has 3 heteroatoms. The molecule has 1 heterocycles. The molecule has 0 bridgehead atoms. The zero-order chi connectivity index (χ0) is 14.7. The lowest BCUT2D eigenvalue weighted by atomic mass is 9.82. The highest BCUT2D eigenvalue weighted by molar-refractivity contribution is 9.10. The summed E-state index contributed by atoms with van der Waals surface area (Å²) in [6, 6.07) is 12.8. The van der Waals surface area contributed by atoms with Gasteiger partial charge in [-0.2, -0.15) is 0 Å². The van der Waals surface area contributed by atoms with Crippen LogP contribution in [-0.2, 0) is 0 Å². The smallest absolute Gasteiger partial charge is 0.0749 e. The summed E-state index contributed by atoms with van der Waals surface area (Å²) in [5, 5.41) is 0.0300. The van der Waals surface area contributed by atoms with Gasteiger partial charge in [0.05, 0.1) is 5.38 Å². The van der Waals surface area contributed by atoms with Gasteiger partial charge in [-0.05, 0) is 40.4 Å². The van der Waals surface area contributed by atoms with Crippen molar-refractivity contribution in [2.24, 2.45) is 5.92 Å².